The molecule has 0 spiro atoms. The monoisotopic (exact) mass is 705 g/mol. The molecule has 0 aromatic heterocycles. The Morgan fingerprint density at radius 2 is 0.780 bits per heavy atom. The molecule has 0 bridgehead atoms. The molecule has 0 saturated heterocycles. The molecule has 0 saturated carbocycles. The molecule has 6 heteroatoms. The minimum Gasteiger partial charge on any atom is -0.468 e. The predicted molar refractivity (Wildman–Crippen MR) is 210 cm³/mol. The van der Waals surface area contributed by atoms with Crippen molar-refractivity contribution < 1.29 is 28.6 Å². The van der Waals surface area contributed by atoms with E-state index in [0.29, 0.717) is 38.5 Å². The Balaban J connectivity index is 3.92. The van der Waals surface area contributed by atoms with Gasteiger partial charge in [0.15, 0.2) is 0 Å². The largest absolute Gasteiger partial charge is 0.468 e. The van der Waals surface area contributed by atoms with E-state index in [4.69, 9.17) is 14.2 Å². The average Bonchev–Trinajstić information content (AvgIpc) is 3.10. The first-order chi connectivity index (χ1) is 24.6. The van der Waals surface area contributed by atoms with E-state index in [-0.39, 0.29) is 12.1 Å². The van der Waals surface area contributed by atoms with Gasteiger partial charge >= 0.3 is 5.97 Å². The first-order valence-electron chi connectivity index (χ1n) is 21.2. The van der Waals surface area contributed by atoms with Crippen molar-refractivity contribution in [3.8, 4) is 0 Å². The van der Waals surface area contributed by atoms with Crippen molar-refractivity contribution in [1.82, 2.24) is 0 Å². The topological polar surface area (TPSA) is 78.9 Å². The highest BCUT2D eigenvalue weighted by Gasteiger charge is 2.14. The lowest BCUT2D eigenvalue weighted by Gasteiger charge is -2.18. The van der Waals surface area contributed by atoms with E-state index >= 15 is 0 Å². The van der Waals surface area contributed by atoms with Gasteiger partial charge in [-0.15, -0.1) is 0 Å². The summed E-state index contributed by atoms with van der Waals surface area (Å²) in [5.41, 5.74) is 0. The minimum absolute atomic E-state index is 0.0131. The van der Waals surface area contributed by atoms with Crippen LogP contribution in [0.1, 0.15) is 213 Å². The Labute approximate surface area is 309 Å². The molecule has 0 atom stereocenters. The Kier molecular flexibility index (Phi) is 39.6. The van der Waals surface area contributed by atoms with Crippen molar-refractivity contribution in [3.63, 3.8) is 0 Å². The summed E-state index contributed by atoms with van der Waals surface area (Å²) in [5, 5.41) is 0. The first kappa shape index (κ1) is 47.9. The molecule has 0 amide bonds. The Hall–Kier alpha value is -2.11. The number of carbonyl (C=O) groups excluding carboxylic acids is 3. The fraction of sp³-hybridized carbons (Fsp3) is 0.841. The van der Waals surface area contributed by atoms with E-state index in [1.165, 1.54) is 141 Å². The van der Waals surface area contributed by atoms with Crippen LogP contribution in [0.3, 0.4) is 0 Å². The fourth-order valence-corrected chi connectivity index (χ4v) is 6.37. The van der Waals surface area contributed by atoms with Crippen LogP contribution < -0.4 is 0 Å². The smallest absolute Gasteiger partial charge is 0.306 e. The zero-order valence-corrected chi connectivity index (χ0v) is 32.9. The van der Waals surface area contributed by atoms with Crippen LogP contribution in [0.25, 0.3) is 0 Å². The normalized spacial score (nSPS) is 11.7. The van der Waals surface area contributed by atoms with E-state index in [1.807, 2.05) is 0 Å². The number of carbonyl (C=O) groups is 3. The summed E-state index contributed by atoms with van der Waals surface area (Å²) in [6.45, 7) is 6.62. The van der Waals surface area contributed by atoms with Gasteiger partial charge in [-0.3, -0.25) is 14.4 Å². The zero-order valence-electron chi connectivity index (χ0n) is 32.9. The summed E-state index contributed by atoms with van der Waals surface area (Å²) in [4.78, 5) is 32.8. The second-order valence-electron chi connectivity index (χ2n) is 14.8. The summed E-state index contributed by atoms with van der Waals surface area (Å²) in [5.74, 6) is 0.649. The highest BCUT2D eigenvalue weighted by molar-refractivity contribution is 5.69. The van der Waals surface area contributed by atoms with Gasteiger partial charge in [-0.05, 0) is 102 Å². The van der Waals surface area contributed by atoms with Crippen LogP contribution in [0.4, 0.5) is 0 Å². The molecule has 0 aromatic carbocycles. The van der Waals surface area contributed by atoms with Gasteiger partial charge in [0.2, 0.25) is 0 Å². The Morgan fingerprint density at radius 3 is 1.14 bits per heavy atom. The van der Waals surface area contributed by atoms with Crippen molar-refractivity contribution in [1.29, 1.82) is 0 Å². The van der Waals surface area contributed by atoms with Gasteiger partial charge in [-0.2, -0.15) is 0 Å². The third kappa shape index (κ3) is 40.3. The second-order valence-corrected chi connectivity index (χ2v) is 14.8. The van der Waals surface area contributed by atoms with E-state index < -0.39 is 0 Å². The van der Waals surface area contributed by atoms with Crippen molar-refractivity contribution in [3.05, 3.63) is 24.3 Å². The van der Waals surface area contributed by atoms with E-state index in [2.05, 4.69) is 38.2 Å². The summed E-state index contributed by atoms with van der Waals surface area (Å²) in [7, 11) is 0. The lowest BCUT2D eigenvalue weighted by atomic mass is 10.0. The maximum atomic E-state index is 12.6. The molecule has 50 heavy (non-hydrogen) atoms. The molecule has 0 aliphatic carbocycles. The molecule has 0 radical (unpaired) electrons. The van der Waals surface area contributed by atoms with Crippen LogP contribution in [-0.4, -0.2) is 38.2 Å². The van der Waals surface area contributed by atoms with Crippen LogP contribution in [0, 0.1) is 5.92 Å². The Morgan fingerprint density at radius 1 is 0.440 bits per heavy atom. The molecule has 6 nitrogen and oxygen atoms in total. The number of ether oxygens (including phenoxy) is 3. The quantitative estimate of drug-likeness (QED) is 0.0207. The van der Waals surface area contributed by atoms with Crippen LogP contribution in [0.15, 0.2) is 24.3 Å². The van der Waals surface area contributed by atoms with E-state index in [0.717, 1.165) is 51.4 Å². The van der Waals surface area contributed by atoms with Crippen LogP contribution >= 0.6 is 0 Å². The minimum atomic E-state index is 0.0131. The standard InChI is InChI=1S/C44H80O6/c1-42(2)34-33-37-44(47)50-43(35-29-25-21-17-13-9-5-3-7-11-15-19-23-27-31-38-48-40-45)36-30-26-22-18-14-10-6-4-8-12-16-20-24-28-32-39-49-41-46/h3-4,7-8,40-43H,5-6,9-39H2,1-2H3/b7-3-,8-4-. The second kappa shape index (κ2) is 41.3. The van der Waals surface area contributed by atoms with Crippen LogP contribution in [0.5, 0.6) is 0 Å². The molecule has 0 rings (SSSR count). The molecule has 0 heterocycles. The first-order valence-corrected chi connectivity index (χ1v) is 21.2. The number of hydrogen-bond acceptors (Lipinski definition) is 6. The highest BCUT2D eigenvalue weighted by atomic mass is 16.5. The molecule has 292 valence electrons. The van der Waals surface area contributed by atoms with Gasteiger partial charge in [0.05, 0.1) is 13.2 Å². The average molecular weight is 705 g/mol. The zero-order chi connectivity index (χ0) is 36.4. The third-order valence-electron chi connectivity index (χ3n) is 9.49. The van der Waals surface area contributed by atoms with Gasteiger partial charge in [0, 0.05) is 6.42 Å². The lowest BCUT2D eigenvalue weighted by Crippen LogP contribution is -2.18. The number of rotatable bonds is 41. The predicted octanol–water partition coefficient (Wildman–Crippen LogP) is 13.1. The van der Waals surface area contributed by atoms with Gasteiger partial charge in [-0.25, -0.2) is 0 Å². The van der Waals surface area contributed by atoms with Crippen molar-refractivity contribution in [2.45, 2.75) is 219 Å². The fourth-order valence-electron chi connectivity index (χ4n) is 6.37. The number of allylic oxidation sites excluding steroid dienone is 4. The third-order valence-corrected chi connectivity index (χ3v) is 9.49. The maximum absolute atomic E-state index is 12.6. The van der Waals surface area contributed by atoms with Gasteiger partial charge in [-0.1, -0.05) is 134 Å². The van der Waals surface area contributed by atoms with E-state index in [1.54, 1.807) is 0 Å². The molecule has 0 aromatic rings. The number of esters is 1. The molecule has 0 N–H and O–H groups in total. The molecular formula is C44H80O6. The summed E-state index contributed by atoms with van der Waals surface area (Å²) >= 11 is 0. The maximum Gasteiger partial charge on any atom is 0.306 e. The summed E-state index contributed by atoms with van der Waals surface area (Å²) in [6, 6.07) is 0. The Bertz CT molecular complexity index is 726. The van der Waals surface area contributed by atoms with Gasteiger partial charge < -0.3 is 14.2 Å². The molecule has 0 aliphatic rings. The summed E-state index contributed by atoms with van der Waals surface area (Å²) in [6.07, 6.45) is 45.8. The van der Waals surface area contributed by atoms with Crippen LogP contribution in [0.2, 0.25) is 0 Å². The SMILES string of the molecule is CC(C)CCCC(=O)OC(CCCCCCCC/C=C\CCCCCCCOC=O)CCCCCCCC/C=C\CCCCCCCOC=O. The number of unbranched alkanes of at least 4 members (excludes halogenated alkanes) is 22. The lowest BCUT2D eigenvalue weighted by molar-refractivity contribution is -0.150. The highest BCUT2D eigenvalue weighted by Crippen LogP contribution is 2.19. The molecular weight excluding hydrogens is 624 g/mol. The number of hydrogen-bond donors (Lipinski definition) is 0. The molecule has 0 aliphatic heterocycles. The van der Waals surface area contributed by atoms with Crippen molar-refractivity contribution in [2.75, 3.05) is 13.2 Å². The van der Waals surface area contributed by atoms with E-state index in [9.17, 15) is 14.4 Å². The van der Waals surface area contributed by atoms with Crippen molar-refractivity contribution in [2.24, 2.45) is 5.92 Å². The van der Waals surface area contributed by atoms with Gasteiger partial charge in [0.1, 0.15) is 6.10 Å². The van der Waals surface area contributed by atoms with Gasteiger partial charge in [0.25, 0.3) is 12.9 Å². The molecule has 0 unspecified atom stereocenters. The summed E-state index contributed by atoms with van der Waals surface area (Å²) < 4.78 is 15.5. The molecule has 0 fully saturated rings. The van der Waals surface area contributed by atoms with Crippen LogP contribution in [-0.2, 0) is 28.6 Å². The van der Waals surface area contributed by atoms with Crippen molar-refractivity contribution >= 4 is 18.9 Å².